The molecular weight excluding hydrogens is 206 g/mol. The lowest BCUT2D eigenvalue weighted by Gasteiger charge is -2.04. The number of pyridine rings is 1. The third-order valence-electron chi connectivity index (χ3n) is 2.41. The fourth-order valence-corrected chi connectivity index (χ4v) is 1.50. The molecule has 86 valence electrons. The molecule has 0 aliphatic rings. The lowest BCUT2D eigenvalue weighted by atomic mass is 10.2. The van der Waals surface area contributed by atoms with Crippen LogP contribution in [0.5, 0.6) is 0 Å². The van der Waals surface area contributed by atoms with Crippen molar-refractivity contribution in [3.8, 4) is 0 Å². The summed E-state index contributed by atoms with van der Waals surface area (Å²) in [6.45, 7) is 0.0490. The number of nitrogens with two attached hydrogens (primary N) is 1. The molecule has 0 aliphatic carbocycles. The maximum Gasteiger partial charge on any atom is 0.179 e. The van der Waals surface area contributed by atoms with Crippen LogP contribution in [-0.4, -0.2) is 33.7 Å². The first-order chi connectivity index (χ1) is 7.74. The molecule has 0 spiro atoms. The minimum absolute atomic E-state index is 0.0490. The average Bonchev–Trinajstić information content (AvgIpc) is 2.71. The predicted octanol–water partition coefficient (Wildman–Crippen LogP) is 0.382. The quantitative estimate of drug-likeness (QED) is 0.598. The lowest BCUT2D eigenvalue weighted by Crippen LogP contribution is -2.13. The zero-order valence-electron chi connectivity index (χ0n) is 9.07. The molecule has 0 aromatic carbocycles. The van der Waals surface area contributed by atoms with Crippen LogP contribution in [0, 0.1) is 0 Å². The van der Waals surface area contributed by atoms with Crippen LogP contribution in [0.25, 0.3) is 11.2 Å². The zero-order chi connectivity index (χ0) is 11.5. The van der Waals surface area contributed by atoms with Crippen molar-refractivity contribution in [2.45, 2.75) is 12.5 Å². The molecule has 6 nitrogen and oxygen atoms in total. The lowest BCUT2D eigenvalue weighted by molar-refractivity contribution is 0.275. The molecule has 2 heterocycles. The second kappa shape index (κ2) is 4.46. The number of aliphatic hydroxyl groups excluding tert-OH is 1. The standard InChI is InChI=1S/C10H15N5O/c1-12-8-3-2-7-10(14-8)15-9(13-7)6(11)4-5-16/h2-3,6,16H,4-5,11H2,1H3,(H2,12,13,14,15). The molecule has 2 aromatic heterocycles. The van der Waals surface area contributed by atoms with E-state index in [9.17, 15) is 0 Å². The van der Waals surface area contributed by atoms with E-state index in [2.05, 4.69) is 20.3 Å². The number of anilines is 1. The second-order valence-corrected chi connectivity index (χ2v) is 3.56. The highest BCUT2D eigenvalue weighted by molar-refractivity contribution is 5.72. The normalized spacial score (nSPS) is 12.9. The Morgan fingerprint density at radius 1 is 1.50 bits per heavy atom. The molecule has 0 amide bonds. The Morgan fingerprint density at radius 3 is 3.00 bits per heavy atom. The maximum absolute atomic E-state index is 8.81. The molecule has 2 aromatic rings. The summed E-state index contributed by atoms with van der Waals surface area (Å²) >= 11 is 0. The Morgan fingerprint density at radius 2 is 2.31 bits per heavy atom. The van der Waals surface area contributed by atoms with E-state index < -0.39 is 0 Å². The molecule has 1 atom stereocenters. The summed E-state index contributed by atoms with van der Waals surface area (Å²) in [6, 6.07) is 3.48. The van der Waals surface area contributed by atoms with Crippen LogP contribution in [-0.2, 0) is 0 Å². The fourth-order valence-electron chi connectivity index (χ4n) is 1.50. The second-order valence-electron chi connectivity index (χ2n) is 3.56. The van der Waals surface area contributed by atoms with Crippen molar-refractivity contribution in [1.29, 1.82) is 0 Å². The number of imidazole rings is 1. The van der Waals surface area contributed by atoms with Gasteiger partial charge in [0.15, 0.2) is 5.65 Å². The van der Waals surface area contributed by atoms with E-state index in [-0.39, 0.29) is 12.6 Å². The van der Waals surface area contributed by atoms with Crippen molar-refractivity contribution >= 4 is 17.0 Å². The Labute approximate surface area is 92.9 Å². The van der Waals surface area contributed by atoms with Crippen LogP contribution >= 0.6 is 0 Å². The highest BCUT2D eigenvalue weighted by atomic mass is 16.3. The molecule has 0 bridgehead atoms. The van der Waals surface area contributed by atoms with Crippen molar-refractivity contribution in [2.24, 2.45) is 5.73 Å². The summed E-state index contributed by atoms with van der Waals surface area (Å²) in [5, 5.41) is 11.8. The number of aliphatic hydroxyl groups is 1. The van der Waals surface area contributed by atoms with Crippen molar-refractivity contribution in [1.82, 2.24) is 15.0 Å². The monoisotopic (exact) mass is 221 g/mol. The molecule has 5 N–H and O–H groups in total. The van der Waals surface area contributed by atoms with Crippen LogP contribution < -0.4 is 11.1 Å². The number of nitrogens with zero attached hydrogens (tertiary/aromatic N) is 2. The summed E-state index contributed by atoms with van der Waals surface area (Å²) in [6.07, 6.45) is 0.485. The van der Waals surface area contributed by atoms with E-state index in [4.69, 9.17) is 10.8 Å². The van der Waals surface area contributed by atoms with Gasteiger partial charge in [0.25, 0.3) is 0 Å². The molecule has 0 radical (unpaired) electrons. The molecule has 0 saturated heterocycles. The van der Waals surface area contributed by atoms with Gasteiger partial charge in [-0.3, -0.25) is 0 Å². The van der Waals surface area contributed by atoms with Gasteiger partial charge in [0, 0.05) is 13.7 Å². The molecule has 16 heavy (non-hydrogen) atoms. The first kappa shape index (κ1) is 10.8. The van der Waals surface area contributed by atoms with E-state index in [1.165, 1.54) is 0 Å². The van der Waals surface area contributed by atoms with Gasteiger partial charge in [-0.2, -0.15) is 0 Å². The van der Waals surface area contributed by atoms with Crippen LogP contribution in [0.2, 0.25) is 0 Å². The number of nitrogens with one attached hydrogen (secondary N) is 2. The molecule has 0 fully saturated rings. The van der Waals surface area contributed by atoms with Gasteiger partial charge in [0.05, 0.1) is 11.6 Å². The third-order valence-corrected chi connectivity index (χ3v) is 2.41. The zero-order valence-corrected chi connectivity index (χ0v) is 9.07. The number of hydrogen-bond acceptors (Lipinski definition) is 5. The van der Waals surface area contributed by atoms with Gasteiger partial charge in [-0.05, 0) is 18.6 Å². The number of hydrogen-bond donors (Lipinski definition) is 4. The van der Waals surface area contributed by atoms with Gasteiger partial charge in [-0.25, -0.2) is 9.97 Å². The minimum Gasteiger partial charge on any atom is -0.396 e. The van der Waals surface area contributed by atoms with E-state index in [0.29, 0.717) is 17.9 Å². The first-order valence-electron chi connectivity index (χ1n) is 5.15. The average molecular weight is 221 g/mol. The Hall–Kier alpha value is -1.66. The van der Waals surface area contributed by atoms with E-state index >= 15 is 0 Å². The van der Waals surface area contributed by atoms with Crippen molar-refractivity contribution in [3.05, 3.63) is 18.0 Å². The topological polar surface area (TPSA) is 99.9 Å². The number of H-pyrrole nitrogens is 1. The largest absolute Gasteiger partial charge is 0.396 e. The first-order valence-corrected chi connectivity index (χ1v) is 5.15. The summed E-state index contributed by atoms with van der Waals surface area (Å²) < 4.78 is 0. The number of aromatic amines is 1. The summed E-state index contributed by atoms with van der Waals surface area (Å²) in [7, 11) is 1.80. The van der Waals surface area contributed by atoms with E-state index in [1.54, 1.807) is 7.05 Å². The van der Waals surface area contributed by atoms with Gasteiger partial charge >= 0.3 is 0 Å². The van der Waals surface area contributed by atoms with Crippen molar-refractivity contribution < 1.29 is 5.11 Å². The van der Waals surface area contributed by atoms with Gasteiger partial charge in [0.1, 0.15) is 11.6 Å². The highest BCUT2D eigenvalue weighted by Gasteiger charge is 2.11. The van der Waals surface area contributed by atoms with Crippen LogP contribution in [0.1, 0.15) is 18.3 Å². The number of rotatable bonds is 4. The Kier molecular flexibility index (Phi) is 3.02. The number of fused-ring (bicyclic) bond motifs is 1. The molecule has 0 aliphatic heterocycles. The van der Waals surface area contributed by atoms with Gasteiger partial charge in [-0.15, -0.1) is 0 Å². The molecular formula is C10H15N5O. The number of aromatic nitrogens is 3. The molecule has 0 saturated carbocycles. The van der Waals surface area contributed by atoms with Crippen molar-refractivity contribution in [3.63, 3.8) is 0 Å². The van der Waals surface area contributed by atoms with Crippen LogP contribution in [0.15, 0.2) is 12.1 Å². The smallest absolute Gasteiger partial charge is 0.179 e. The highest BCUT2D eigenvalue weighted by Crippen LogP contribution is 2.16. The third kappa shape index (κ3) is 1.98. The maximum atomic E-state index is 8.81. The molecule has 1 unspecified atom stereocenters. The summed E-state index contributed by atoms with van der Waals surface area (Å²) in [4.78, 5) is 11.7. The summed E-state index contributed by atoms with van der Waals surface area (Å²) in [5.74, 6) is 1.42. The van der Waals surface area contributed by atoms with E-state index in [1.807, 2.05) is 12.1 Å². The van der Waals surface area contributed by atoms with E-state index in [0.717, 1.165) is 11.3 Å². The minimum atomic E-state index is -0.280. The van der Waals surface area contributed by atoms with Crippen molar-refractivity contribution in [2.75, 3.05) is 19.0 Å². The van der Waals surface area contributed by atoms with Crippen LogP contribution in [0.4, 0.5) is 5.82 Å². The molecule has 6 heteroatoms. The van der Waals surface area contributed by atoms with Crippen LogP contribution in [0.3, 0.4) is 0 Å². The Balaban J connectivity index is 2.35. The van der Waals surface area contributed by atoms with Gasteiger partial charge in [0.2, 0.25) is 0 Å². The van der Waals surface area contributed by atoms with Gasteiger partial charge < -0.3 is 21.1 Å². The predicted molar refractivity (Wildman–Crippen MR) is 62.1 cm³/mol. The SMILES string of the molecule is CNc1ccc2[nH]c(C(N)CCO)nc2n1. The molecule has 2 rings (SSSR count). The van der Waals surface area contributed by atoms with Gasteiger partial charge in [-0.1, -0.05) is 0 Å². The fraction of sp³-hybridized carbons (Fsp3) is 0.400. The Bertz CT molecular complexity index is 481. The summed E-state index contributed by atoms with van der Waals surface area (Å²) in [5.41, 5.74) is 7.33.